The van der Waals surface area contributed by atoms with Gasteiger partial charge in [-0.15, -0.1) is 0 Å². The zero-order valence-corrected chi connectivity index (χ0v) is 65.5. The molecule has 0 rings (SSSR count). The van der Waals surface area contributed by atoms with Gasteiger partial charge in [-0.25, -0.2) is 9.13 Å². The summed E-state index contributed by atoms with van der Waals surface area (Å²) in [5.74, 6) is 0.165. The number of allylic oxidation sites excluding steroid dienone is 4. The van der Waals surface area contributed by atoms with E-state index in [-0.39, 0.29) is 25.7 Å². The van der Waals surface area contributed by atoms with Crippen molar-refractivity contribution in [1.82, 2.24) is 0 Å². The van der Waals surface area contributed by atoms with Gasteiger partial charge in [-0.2, -0.15) is 0 Å². The van der Waals surface area contributed by atoms with Crippen molar-refractivity contribution in [1.29, 1.82) is 0 Å². The summed E-state index contributed by atoms with van der Waals surface area (Å²) < 4.78 is 68.6. The molecular weight excluding hydrogens is 1280 g/mol. The standard InChI is InChI=1S/C79H150O17P2/c1-8-10-11-12-13-14-15-16-17-23-29-34-39-48-55-62-78(83)95-74(66-89-76(81)60-53-46-38-33-28-25-20-21-26-31-36-43-50-57-70(3)4)68-93-97(85,86)91-64-73(80)65-92-98(87,88)94-69-75(67-90-77(82)61-54-47-42-41-44-51-58-71(5)6)96-79(84)63-56-49-40-35-30-24-19-18-22-27-32-37-45-52-59-72(7)9-2/h14-17,70-75,80H,8-13,18-69H2,1-7H3,(H,85,86)(H,87,88)/b15-14-,17-16-/t72?,73-,74-,75-/m1/s1. The predicted octanol–water partition coefficient (Wildman–Crippen LogP) is 22.9. The van der Waals surface area contributed by atoms with Gasteiger partial charge in [0.25, 0.3) is 0 Å². The van der Waals surface area contributed by atoms with Gasteiger partial charge in [0.1, 0.15) is 19.3 Å². The lowest BCUT2D eigenvalue weighted by Crippen LogP contribution is -2.30. The average molecular weight is 1430 g/mol. The highest BCUT2D eigenvalue weighted by atomic mass is 31.2. The highest BCUT2D eigenvalue weighted by Crippen LogP contribution is 2.45. The maximum absolute atomic E-state index is 13.1. The van der Waals surface area contributed by atoms with Gasteiger partial charge in [0.15, 0.2) is 12.2 Å². The Morgan fingerprint density at radius 2 is 0.602 bits per heavy atom. The van der Waals surface area contributed by atoms with Crippen LogP contribution in [-0.2, 0) is 65.4 Å². The number of carbonyl (C=O) groups excluding carboxylic acids is 4. The van der Waals surface area contributed by atoms with Gasteiger partial charge in [-0.3, -0.25) is 37.3 Å². The highest BCUT2D eigenvalue weighted by molar-refractivity contribution is 7.47. The summed E-state index contributed by atoms with van der Waals surface area (Å²) >= 11 is 0. The zero-order chi connectivity index (χ0) is 72.3. The van der Waals surface area contributed by atoms with Crippen molar-refractivity contribution in [3.05, 3.63) is 24.3 Å². The van der Waals surface area contributed by atoms with Gasteiger partial charge in [-0.05, 0) is 69.1 Å². The fraction of sp³-hybridized carbons (Fsp3) is 0.899. The molecule has 0 amide bonds. The van der Waals surface area contributed by atoms with Gasteiger partial charge in [0.05, 0.1) is 26.4 Å². The van der Waals surface area contributed by atoms with E-state index in [1.165, 1.54) is 173 Å². The molecule has 578 valence electrons. The Morgan fingerprint density at radius 1 is 0.337 bits per heavy atom. The Morgan fingerprint density at radius 3 is 0.908 bits per heavy atom. The Kier molecular flexibility index (Phi) is 67.2. The van der Waals surface area contributed by atoms with Crippen LogP contribution >= 0.6 is 15.6 Å². The highest BCUT2D eigenvalue weighted by Gasteiger charge is 2.30. The molecule has 3 unspecified atom stereocenters. The second-order valence-corrected chi connectivity index (χ2v) is 31.9. The number of phosphoric acid groups is 2. The molecular formula is C79H150O17P2. The van der Waals surface area contributed by atoms with Crippen molar-refractivity contribution in [2.75, 3.05) is 39.6 Å². The summed E-state index contributed by atoms with van der Waals surface area (Å²) in [7, 11) is -9.93. The number of phosphoric ester groups is 2. The number of ether oxygens (including phenoxy) is 4. The number of carbonyl (C=O) groups is 4. The molecule has 0 saturated carbocycles. The number of rotatable bonds is 75. The van der Waals surface area contributed by atoms with E-state index < -0.39 is 97.5 Å². The SMILES string of the molecule is CCCCCC/C=C\C=C/CCCCCCCC(=O)O[C@H](COC(=O)CCCCCCCCCCCCCCCC(C)C)COP(=O)(O)OC[C@@H](O)COP(=O)(O)OC[C@@H](COC(=O)CCCCCCCCC(C)C)OC(=O)CCCCCCCCCCCCCCCCC(C)CC. The first-order valence-corrected chi connectivity index (χ1v) is 43.2. The van der Waals surface area contributed by atoms with E-state index in [4.69, 9.17) is 37.0 Å². The zero-order valence-electron chi connectivity index (χ0n) is 63.7. The number of unbranched alkanes of at least 4 members (excludes halogenated alkanes) is 39. The molecule has 6 atom stereocenters. The predicted molar refractivity (Wildman–Crippen MR) is 400 cm³/mol. The van der Waals surface area contributed by atoms with Gasteiger partial charge < -0.3 is 33.8 Å². The normalized spacial score (nSPS) is 14.4. The third-order valence-corrected chi connectivity index (χ3v) is 20.0. The second kappa shape index (κ2) is 68.9. The Hall–Kier alpha value is -2.46. The van der Waals surface area contributed by atoms with E-state index in [9.17, 15) is 43.2 Å². The van der Waals surface area contributed by atoms with Crippen LogP contribution in [0.25, 0.3) is 0 Å². The number of esters is 4. The Labute approximate surface area is 599 Å². The van der Waals surface area contributed by atoms with Crippen LogP contribution in [0.2, 0.25) is 0 Å². The van der Waals surface area contributed by atoms with E-state index in [1.54, 1.807) is 0 Å². The summed E-state index contributed by atoms with van der Waals surface area (Å²) in [6.45, 7) is 11.8. The van der Waals surface area contributed by atoms with Crippen LogP contribution in [0.4, 0.5) is 0 Å². The fourth-order valence-electron chi connectivity index (χ4n) is 11.6. The van der Waals surface area contributed by atoms with Crippen molar-refractivity contribution >= 4 is 39.5 Å². The van der Waals surface area contributed by atoms with Crippen LogP contribution in [0.3, 0.4) is 0 Å². The largest absolute Gasteiger partial charge is 0.472 e. The van der Waals surface area contributed by atoms with Crippen LogP contribution in [0.5, 0.6) is 0 Å². The molecule has 0 spiro atoms. The van der Waals surface area contributed by atoms with Crippen LogP contribution < -0.4 is 0 Å². The molecule has 19 heteroatoms. The van der Waals surface area contributed by atoms with Gasteiger partial charge in [-0.1, -0.05) is 330 Å². The molecule has 0 heterocycles. The molecule has 3 N–H and O–H groups in total. The maximum Gasteiger partial charge on any atom is 0.472 e. The first kappa shape index (κ1) is 95.5. The van der Waals surface area contributed by atoms with Crippen molar-refractivity contribution in [3.8, 4) is 0 Å². The maximum atomic E-state index is 13.1. The molecule has 0 fully saturated rings. The summed E-state index contributed by atoms with van der Waals surface area (Å²) in [6, 6.07) is 0. The topological polar surface area (TPSA) is 237 Å². The van der Waals surface area contributed by atoms with Crippen molar-refractivity contribution < 1.29 is 80.2 Å². The summed E-state index contributed by atoms with van der Waals surface area (Å²) in [5, 5.41) is 10.6. The van der Waals surface area contributed by atoms with Crippen LogP contribution in [-0.4, -0.2) is 96.7 Å². The van der Waals surface area contributed by atoms with E-state index in [0.29, 0.717) is 31.6 Å². The Balaban J connectivity index is 5.26. The van der Waals surface area contributed by atoms with E-state index in [0.717, 1.165) is 121 Å². The molecule has 98 heavy (non-hydrogen) atoms. The minimum atomic E-state index is -4.97. The molecule has 17 nitrogen and oxygen atoms in total. The van der Waals surface area contributed by atoms with Gasteiger partial charge in [0, 0.05) is 25.7 Å². The number of aliphatic hydroxyl groups excluding tert-OH is 1. The number of aliphatic hydroxyl groups is 1. The summed E-state index contributed by atoms with van der Waals surface area (Å²) in [4.78, 5) is 72.9. The molecule has 0 aromatic carbocycles. The molecule has 0 bridgehead atoms. The molecule has 0 aromatic heterocycles. The minimum Gasteiger partial charge on any atom is -0.462 e. The third kappa shape index (κ3) is 70.6. The van der Waals surface area contributed by atoms with Crippen LogP contribution in [0, 0.1) is 17.8 Å². The monoisotopic (exact) mass is 1430 g/mol. The smallest absolute Gasteiger partial charge is 0.462 e. The molecule has 0 aromatic rings. The molecule has 0 aliphatic carbocycles. The van der Waals surface area contributed by atoms with E-state index >= 15 is 0 Å². The van der Waals surface area contributed by atoms with Crippen molar-refractivity contribution in [3.63, 3.8) is 0 Å². The molecule has 0 aliphatic rings. The van der Waals surface area contributed by atoms with Gasteiger partial charge in [0.2, 0.25) is 0 Å². The molecule has 0 aliphatic heterocycles. The minimum absolute atomic E-state index is 0.0848. The molecule has 0 radical (unpaired) electrons. The third-order valence-electron chi connectivity index (χ3n) is 18.1. The van der Waals surface area contributed by atoms with Crippen molar-refractivity contribution in [2.24, 2.45) is 17.8 Å². The number of hydrogen-bond donors (Lipinski definition) is 3. The van der Waals surface area contributed by atoms with Crippen LogP contribution in [0.1, 0.15) is 382 Å². The average Bonchev–Trinajstić information content (AvgIpc) is 1.15. The summed E-state index contributed by atoms with van der Waals surface area (Å²) in [6.07, 6.45) is 59.1. The second-order valence-electron chi connectivity index (χ2n) is 29.0. The number of hydrogen-bond acceptors (Lipinski definition) is 15. The lowest BCUT2D eigenvalue weighted by atomic mass is 9.99. The molecule has 0 saturated heterocycles. The lowest BCUT2D eigenvalue weighted by molar-refractivity contribution is -0.161. The quantitative estimate of drug-likeness (QED) is 0.0169. The Bertz CT molecular complexity index is 2000. The van der Waals surface area contributed by atoms with Crippen molar-refractivity contribution in [2.45, 2.75) is 401 Å². The van der Waals surface area contributed by atoms with E-state index in [2.05, 4.69) is 72.8 Å². The first-order valence-electron chi connectivity index (χ1n) is 40.2. The lowest BCUT2D eigenvalue weighted by Gasteiger charge is -2.21. The fourth-order valence-corrected chi connectivity index (χ4v) is 13.1. The first-order chi connectivity index (χ1) is 47.3. The van der Waals surface area contributed by atoms with E-state index in [1.807, 2.05) is 0 Å². The van der Waals surface area contributed by atoms with Crippen LogP contribution in [0.15, 0.2) is 24.3 Å². The summed E-state index contributed by atoms with van der Waals surface area (Å²) in [5.41, 5.74) is 0. The van der Waals surface area contributed by atoms with Gasteiger partial charge >= 0.3 is 39.5 Å².